The van der Waals surface area contributed by atoms with Crippen LogP contribution in [0.4, 0.5) is 5.69 Å². The van der Waals surface area contributed by atoms with Gasteiger partial charge in [-0.05, 0) is 36.4 Å². The van der Waals surface area contributed by atoms with E-state index >= 15 is 0 Å². The molecule has 1 N–H and O–H groups in total. The lowest BCUT2D eigenvalue weighted by Crippen LogP contribution is -2.41. The van der Waals surface area contributed by atoms with Crippen LogP contribution < -0.4 is 10.1 Å². The minimum absolute atomic E-state index is 0.00431. The third-order valence-electron chi connectivity index (χ3n) is 5.07. The van der Waals surface area contributed by atoms with E-state index in [0.29, 0.717) is 24.3 Å². The molecule has 0 aliphatic carbocycles. The zero-order valence-electron chi connectivity index (χ0n) is 16.3. The number of likely N-dealkylation sites (tertiary alicyclic amines) is 1. The van der Waals surface area contributed by atoms with Gasteiger partial charge in [-0.3, -0.25) is 14.6 Å². The third kappa shape index (κ3) is 4.37. The first-order valence-corrected chi connectivity index (χ1v) is 9.77. The molecule has 1 saturated heterocycles. The van der Waals surface area contributed by atoms with Crippen LogP contribution in [0.15, 0.2) is 60.8 Å². The lowest BCUT2D eigenvalue weighted by atomic mass is 10.1. The number of pyridine rings is 1. The summed E-state index contributed by atoms with van der Waals surface area (Å²) in [6.45, 7) is 2.75. The fourth-order valence-electron chi connectivity index (χ4n) is 3.61. The number of amides is 2. The van der Waals surface area contributed by atoms with E-state index in [9.17, 15) is 9.59 Å². The lowest BCUT2D eigenvalue weighted by molar-refractivity contribution is -0.114. The molecule has 6 heteroatoms. The first-order chi connectivity index (χ1) is 14.1. The van der Waals surface area contributed by atoms with Crippen molar-refractivity contribution in [3.05, 3.63) is 66.4 Å². The molecule has 0 saturated carbocycles. The van der Waals surface area contributed by atoms with Crippen molar-refractivity contribution in [1.82, 2.24) is 9.88 Å². The van der Waals surface area contributed by atoms with Gasteiger partial charge in [0.25, 0.3) is 5.91 Å². The third-order valence-corrected chi connectivity index (χ3v) is 5.07. The minimum Gasteiger partial charge on any atom is -0.488 e. The number of aromatic nitrogens is 1. The maximum absolute atomic E-state index is 12.8. The van der Waals surface area contributed by atoms with Gasteiger partial charge in [-0.25, -0.2) is 0 Å². The normalized spacial score (nSPS) is 14.6. The smallest absolute Gasteiger partial charge is 0.253 e. The van der Waals surface area contributed by atoms with Crippen molar-refractivity contribution in [3.8, 4) is 5.75 Å². The number of nitrogens with zero attached hydrogens (tertiary/aromatic N) is 2. The summed E-state index contributed by atoms with van der Waals surface area (Å²) in [5.74, 6) is 0.665. The van der Waals surface area contributed by atoms with Gasteiger partial charge in [-0.15, -0.1) is 0 Å². The molecule has 0 radical (unpaired) electrons. The standard InChI is InChI=1S/C23H23N3O3/c1-16(27)25-19-9-7-18(8-10-19)23(28)26-14-11-20(12-15-26)29-21-6-2-4-17-5-3-13-24-22(17)21/h2-10,13,20H,11-12,14-15H2,1H3,(H,25,27). The van der Waals surface area contributed by atoms with Crippen LogP contribution in [0.1, 0.15) is 30.1 Å². The Morgan fingerprint density at radius 2 is 1.76 bits per heavy atom. The number of para-hydroxylation sites is 1. The number of carbonyl (C=O) groups excluding carboxylic acids is 2. The number of piperidine rings is 1. The highest BCUT2D eigenvalue weighted by Crippen LogP contribution is 2.26. The van der Waals surface area contributed by atoms with E-state index in [1.807, 2.05) is 35.2 Å². The fourth-order valence-corrected chi connectivity index (χ4v) is 3.61. The predicted molar refractivity (Wildman–Crippen MR) is 112 cm³/mol. The lowest BCUT2D eigenvalue weighted by Gasteiger charge is -2.32. The molecular weight excluding hydrogens is 366 g/mol. The summed E-state index contributed by atoms with van der Waals surface area (Å²) in [7, 11) is 0. The summed E-state index contributed by atoms with van der Waals surface area (Å²) in [6.07, 6.45) is 3.39. The molecule has 0 atom stereocenters. The van der Waals surface area contributed by atoms with Gasteiger partial charge >= 0.3 is 0 Å². The number of hydrogen-bond donors (Lipinski definition) is 1. The second-order valence-corrected chi connectivity index (χ2v) is 7.20. The van der Waals surface area contributed by atoms with E-state index in [2.05, 4.69) is 10.3 Å². The maximum atomic E-state index is 12.8. The van der Waals surface area contributed by atoms with Gasteiger partial charge < -0.3 is 15.0 Å². The minimum atomic E-state index is -0.132. The molecule has 0 bridgehead atoms. The Labute approximate surface area is 169 Å². The number of benzene rings is 2. The maximum Gasteiger partial charge on any atom is 0.253 e. The van der Waals surface area contributed by atoms with E-state index < -0.39 is 0 Å². The van der Waals surface area contributed by atoms with Gasteiger partial charge in [0.1, 0.15) is 17.4 Å². The van der Waals surface area contributed by atoms with Crippen molar-refractivity contribution in [3.63, 3.8) is 0 Å². The van der Waals surface area contributed by atoms with Crippen LogP contribution in [-0.2, 0) is 4.79 Å². The number of ether oxygens (including phenoxy) is 1. The first kappa shape index (κ1) is 18.9. The molecule has 2 heterocycles. The topological polar surface area (TPSA) is 71.5 Å². The van der Waals surface area contributed by atoms with Crippen LogP contribution in [0.2, 0.25) is 0 Å². The van der Waals surface area contributed by atoms with Gasteiger partial charge in [-0.1, -0.05) is 18.2 Å². The SMILES string of the molecule is CC(=O)Nc1ccc(C(=O)N2CCC(Oc3cccc4cccnc34)CC2)cc1. The Bertz CT molecular complexity index is 1020. The average Bonchev–Trinajstić information content (AvgIpc) is 2.74. The molecule has 0 unspecified atom stereocenters. The molecule has 3 aromatic rings. The van der Waals surface area contributed by atoms with Crippen LogP contribution in [0.25, 0.3) is 10.9 Å². The molecule has 2 amide bonds. The number of anilines is 1. The van der Waals surface area contributed by atoms with Crippen LogP contribution in [-0.4, -0.2) is 40.9 Å². The predicted octanol–water partition coefficient (Wildman–Crippen LogP) is 3.88. The average molecular weight is 389 g/mol. The van der Waals surface area contributed by atoms with Gasteiger partial charge in [-0.2, -0.15) is 0 Å². The summed E-state index contributed by atoms with van der Waals surface area (Å²) in [5.41, 5.74) is 2.18. The molecule has 1 aliphatic heterocycles. The Morgan fingerprint density at radius 1 is 1.03 bits per heavy atom. The number of nitrogens with one attached hydrogen (secondary N) is 1. The molecule has 148 valence electrons. The summed E-state index contributed by atoms with van der Waals surface area (Å²) in [6, 6.07) is 16.9. The first-order valence-electron chi connectivity index (χ1n) is 9.77. The molecule has 2 aromatic carbocycles. The summed E-state index contributed by atoms with van der Waals surface area (Å²) >= 11 is 0. The number of hydrogen-bond acceptors (Lipinski definition) is 4. The Hall–Kier alpha value is -3.41. The van der Waals surface area contributed by atoms with Crippen molar-refractivity contribution < 1.29 is 14.3 Å². The summed E-state index contributed by atoms with van der Waals surface area (Å²) in [5, 5.41) is 3.76. The largest absolute Gasteiger partial charge is 0.488 e. The zero-order valence-corrected chi connectivity index (χ0v) is 16.3. The van der Waals surface area contributed by atoms with E-state index in [4.69, 9.17) is 4.74 Å². The molecular formula is C23H23N3O3. The Morgan fingerprint density at radius 3 is 2.48 bits per heavy atom. The van der Waals surface area contributed by atoms with Crippen LogP contribution in [0, 0.1) is 0 Å². The highest BCUT2D eigenvalue weighted by atomic mass is 16.5. The van der Waals surface area contributed by atoms with Crippen molar-refractivity contribution in [1.29, 1.82) is 0 Å². The van der Waals surface area contributed by atoms with Gasteiger partial charge in [0, 0.05) is 55.7 Å². The molecule has 1 aliphatic rings. The van der Waals surface area contributed by atoms with Gasteiger partial charge in [0.2, 0.25) is 5.91 Å². The molecule has 1 fully saturated rings. The van der Waals surface area contributed by atoms with Crippen molar-refractivity contribution in [2.45, 2.75) is 25.9 Å². The van der Waals surface area contributed by atoms with E-state index in [-0.39, 0.29) is 17.9 Å². The van der Waals surface area contributed by atoms with Gasteiger partial charge in [0.05, 0.1) is 0 Å². The quantitative estimate of drug-likeness (QED) is 0.735. The monoisotopic (exact) mass is 389 g/mol. The van der Waals surface area contributed by atoms with Crippen molar-refractivity contribution >= 4 is 28.4 Å². The Balaban J connectivity index is 1.36. The van der Waals surface area contributed by atoms with Crippen LogP contribution >= 0.6 is 0 Å². The van der Waals surface area contributed by atoms with Crippen LogP contribution in [0.3, 0.4) is 0 Å². The number of carbonyl (C=O) groups is 2. The van der Waals surface area contributed by atoms with E-state index in [1.165, 1.54) is 6.92 Å². The highest BCUT2D eigenvalue weighted by Gasteiger charge is 2.25. The number of fused-ring (bicyclic) bond motifs is 1. The van der Waals surface area contributed by atoms with E-state index in [0.717, 1.165) is 29.5 Å². The van der Waals surface area contributed by atoms with Crippen molar-refractivity contribution in [2.24, 2.45) is 0 Å². The molecule has 4 rings (SSSR count). The second-order valence-electron chi connectivity index (χ2n) is 7.20. The van der Waals surface area contributed by atoms with Crippen molar-refractivity contribution in [2.75, 3.05) is 18.4 Å². The second kappa shape index (κ2) is 8.31. The van der Waals surface area contributed by atoms with Gasteiger partial charge in [0.15, 0.2) is 0 Å². The zero-order chi connectivity index (χ0) is 20.2. The number of rotatable bonds is 4. The summed E-state index contributed by atoms with van der Waals surface area (Å²) < 4.78 is 6.21. The summed E-state index contributed by atoms with van der Waals surface area (Å²) in [4.78, 5) is 30.2. The molecule has 29 heavy (non-hydrogen) atoms. The molecule has 6 nitrogen and oxygen atoms in total. The molecule has 1 aromatic heterocycles. The Kier molecular flexibility index (Phi) is 5.42. The highest BCUT2D eigenvalue weighted by molar-refractivity contribution is 5.95. The van der Waals surface area contributed by atoms with E-state index in [1.54, 1.807) is 30.5 Å². The van der Waals surface area contributed by atoms with Crippen LogP contribution in [0.5, 0.6) is 5.75 Å². The fraction of sp³-hybridized carbons (Fsp3) is 0.261. The molecule has 0 spiro atoms.